The Hall–Kier alpha value is -1.36. The van der Waals surface area contributed by atoms with E-state index in [9.17, 15) is 4.79 Å². The Morgan fingerprint density at radius 1 is 1.65 bits per heavy atom. The van der Waals surface area contributed by atoms with Crippen LogP contribution in [0.4, 0.5) is 0 Å². The van der Waals surface area contributed by atoms with Gasteiger partial charge in [0.25, 0.3) is 5.91 Å². The van der Waals surface area contributed by atoms with Gasteiger partial charge in [-0.3, -0.25) is 9.89 Å². The fourth-order valence-corrected chi connectivity index (χ4v) is 2.00. The van der Waals surface area contributed by atoms with Crippen LogP contribution >= 0.6 is 0 Å². The lowest BCUT2D eigenvalue weighted by molar-refractivity contribution is -0.0765. The van der Waals surface area contributed by atoms with Crippen molar-refractivity contribution in [1.82, 2.24) is 15.1 Å². The monoisotopic (exact) mass is 237 g/mol. The molecule has 1 aliphatic rings. The Balaban J connectivity index is 2.09. The van der Waals surface area contributed by atoms with Gasteiger partial charge in [-0.25, -0.2) is 0 Å². The molecule has 1 aliphatic heterocycles. The van der Waals surface area contributed by atoms with Crippen molar-refractivity contribution in [1.29, 1.82) is 0 Å². The van der Waals surface area contributed by atoms with Crippen LogP contribution in [0.5, 0.6) is 0 Å². The van der Waals surface area contributed by atoms with Crippen molar-refractivity contribution >= 4 is 5.91 Å². The highest BCUT2D eigenvalue weighted by molar-refractivity contribution is 5.92. The Morgan fingerprint density at radius 2 is 2.41 bits per heavy atom. The molecule has 0 saturated carbocycles. The van der Waals surface area contributed by atoms with Crippen molar-refractivity contribution in [2.24, 2.45) is 0 Å². The number of carbonyl (C=O) groups is 1. The standard InChI is InChI=1S/C12H19N3O2/c1-4-9-7-10(14-13-9)11(16)15-5-6-17-12(2,3)8-15/h7H,4-6,8H2,1-3H3,(H,13,14). The van der Waals surface area contributed by atoms with Crippen LogP contribution in [0.2, 0.25) is 0 Å². The molecule has 0 aliphatic carbocycles. The number of ether oxygens (including phenoxy) is 1. The van der Waals surface area contributed by atoms with E-state index in [4.69, 9.17) is 4.74 Å². The first-order valence-electron chi connectivity index (χ1n) is 5.99. The van der Waals surface area contributed by atoms with Crippen LogP contribution in [0, 0.1) is 0 Å². The second-order valence-electron chi connectivity index (χ2n) is 4.97. The summed E-state index contributed by atoms with van der Waals surface area (Å²) in [4.78, 5) is 14.0. The van der Waals surface area contributed by atoms with E-state index in [0.29, 0.717) is 25.4 Å². The molecule has 0 spiro atoms. The first-order valence-corrected chi connectivity index (χ1v) is 5.99. The fourth-order valence-electron chi connectivity index (χ4n) is 2.00. The number of nitrogens with one attached hydrogen (secondary N) is 1. The number of amides is 1. The molecule has 5 nitrogen and oxygen atoms in total. The Morgan fingerprint density at radius 3 is 3.00 bits per heavy atom. The summed E-state index contributed by atoms with van der Waals surface area (Å²) in [5.74, 6) is -0.0164. The molecule has 1 aromatic heterocycles. The van der Waals surface area contributed by atoms with E-state index in [-0.39, 0.29) is 11.5 Å². The van der Waals surface area contributed by atoms with Gasteiger partial charge in [-0.2, -0.15) is 5.10 Å². The molecule has 5 heteroatoms. The number of carbonyl (C=O) groups excluding carboxylic acids is 1. The van der Waals surface area contributed by atoms with Crippen molar-refractivity contribution in [3.63, 3.8) is 0 Å². The van der Waals surface area contributed by atoms with Gasteiger partial charge in [0.2, 0.25) is 0 Å². The minimum absolute atomic E-state index is 0.0164. The third-order valence-electron chi connectivity index (χ3n) is 2.94. The first-order chi connectivity index (χ1) is 8.02. The van der Waals surface area contributed by atoms with Crippen molar-refractivity contribution in [3.05, 3.63) is 17.5 Å². The SMILES string of the molecule is CCc1cc(C(=O)N2CCOC(C)(C)C2)n[nH]1. The zero-order valence-corrected chi connectivity index (χ0v) is 10.6. The first kappa shape index (κ1) is 12.1. The average Bonchev–Trinajstić information content (AvgIpc) is 2.75. The molecule has 1 fully saturated rings. The zero-order valence-electron chi connectivity index (χ0n) is 10.6. The van der Waals surface area contributed by atoms with Crippen LogP contribution in [-0.4, -0.2) is 46.3 Å². The summed E-state index contributed by atoms with van der Waals surface area (Å²) in [6.45, 7) is 7.85. The van der Waals surface area contributed by atoms with Crippen LogP contribution in [-0.2, 0) is 11.2 Å². The van der Waals surface area contributed by atoms with E-state index in [0.717, 1.165) is 12.1 Å². The van der Waals surface area contributed by atoms with E-state index in [2.05, 4.69) is 10.2 Å². The third-order valence-corrected chi connectivity index (χ3v) is 2.94. The highest BCUT2D eigenvalue weighted by atomic mass is 16.5. The molecule has 1 saturated heterocycles. The predicted molar refractivity (Wildman–Crippen MR) is 63.9 cm³/mol. The molecule has 1 N–H and O–H groups in total. The second-order valence-corrected chi connectivity index (χ2v) is 4.97. The summed E-state index contributed by atoms with van der Waals surface area (Å²) in [6.07, 6.45) is 0.856. The number of hydrogen-bond acceptors (Lipinski definition) is 3. The largest absolute Gasteiger partial charge is 0.372 e. The van der Waals surface area contributed by atoms with Crippen molar-refractivity contribution < 1.29 is 9.53 Å². The van der Waals surface area contributed by atoms with Gasteiger partial charge < -0.3 is 9.64 Å². The minimum atomic E-state index is -0.266. The number of H-pyrrole nitrogens is 1. The van der Waals surface area contributed by atoms with E-state index >= 15 is 0 Å². The van der Waals surface area contributed by atoms with E-state index in [1.165, 1.54) is 0 Å². The van der Waals surface area contributed by atoms with Crippen LogP contribution in [0.25, 0.3) is 0 Å². The maximum Gasteiger partial charge on any atom is 0.274 e. The molecular formula is C12H19N3O2. The molecule has 2 rings (SSSR count). The van der Waals surface area contributed by atoms with Crippen molar-refractivity contribution in [3.8, 4) is 0 Å². The molecule has 2 heterocycles. The molecule has 94 valence electrons. The van der Waals surface area contributed by atoms with Crippen LogP contribution < -0.4 is 0 Å². The Bertz CT molecular complexity index is 412. The molecule has 0 unspecified atom stereocenters. The lowest BCUT2D eigenvalue weighted by Gasteiger charge is -2.37. The summed E-state index contributed by atoms with van der Waals surface area (Å²) in [5.41, 5.74) is 1.22. The highest BCUT2D eigenvalue weighted by Crippen LogP contribution is 2.18. The number of aryl methyl sites for hydroxylation is 1. The van der Waals surface area contributed by atoms with Gasteiger partial charge in [-0.05, 0) is 26.3 Å². The number of aromatic nitrogens is 2. The second kappa shape index (κ2) is 4.49. The Kier molecular flexibility index (Phi) is 3.19. The molecule has 0 bridgehead atoms. The zero-order chi connectivity index (χ0) is 12.5. The predicted octanol–water partition coefficient (Wildman–Crippen LogP) is 1.22. The van der Waals surface area contributed by atoms with Crippen molar-refractivity contribution in [2.45, 2.75) is 32.8 Å². The molecule has 0 atom stereocenters. The molecule has 17 heavy (non-hydrogen) atoms. The van der Waals surface area contributed by atoms with Gasteiger partial charge in [0.05, 0.1) is 12.2 Å². The molecule has 1 aromatic rings. The smallest absolute Gasteiger partial charge is 0.274 e. The summed E-state index contributed by atoms with van der Waals surface area (Å²) in [6, 6.07) is 1.82. The van der Waals surface area contributed by atoms with Crippen LogP contribution in [0.15, 0.2) is 6.07 Å². The van der Waals surface area contributed by atoms with Gasteiger partial charge in [0, 0.05) is 18.8 Å². The summed E-state index contributed by atoms with van der Waals surface area (Å²) in [5, 5.41) is 6.92. The molecular weight excluding hydrogens is 218 g/mol. The summed E-state index contributed by atoms with van der Waals surface area (Å²) >= 11 is 0. The lowest BCUT2D eigenvalue weighted by atomic mass is 10.1. The van der Waals surface area contributed by atoms with Gasteiger partial charge >= 0.3 is 0 Å². The molecule has 0 aromatic carbocycles. The number of hydrogen-bond donors (Lipinski definition) is 1. The third kappa shape index (κ3) is 2.66. The van der Waals surface area contributed by atoms with Crippen LogP contribution in [0.3, 0.4) is 0 Å². The van der Waals surface area contributed by atoms with Gasteiger partial charge in [-0.1, -0.05) is 6.92 Å². The fraction of sp³-hybridized carbons (Fsp3) is 0.667. The van der Waals surface area contributed by atoms with E-state index < -0.39 is 0 Å². The van der Waals surface area contributed by atoms with E-state index in [1.807, 2.05) is 26.8 Å². The topological polar surface area (TPSA) is 58.2 Å². The Labute approximate surface area is 101 Å². The highest BCUT2D eigenvalue weighted by Gasteiger charge is 2.31. The normalized spacial score (nSPS) is 19.4. The lowest BCUT2D eigenvalue weighted by Crippen LogP contribution is -2.50. The number of morpholine rings is 1. The average molecular weight is 237 g/mol. The molecule has 0 radical (unpaired) electrons. The quantitative estimate of drug-likeness (QED) is 0.841. The van der Waals surface area contributed by atoms with E-state index in [1.54, 1.807) is 4.90 Å². The van der Waals surface area contributed by atoms with Crippen molar-refractivity contribution in [2.75, 3.05) is 19.7 Å². The van der Waals surface area contributed by atoms with Gasteiger partial charge in [0.15, 0.2) is 0 Å². The molecule has 1 amide bonds. The number of aromatic amines is 1. The van der Waals surface area contributed by atoms with Gasteiger partial charge in [0.1, 0.15) is 5.69 Å². The number of nitrogens with zero attached hydrogens (tertiary/aromatic N) is 2. The minimum Gasteiger partial charge on any atom is -0.372 e. The van der Waals surface area contributed by atoms with Gasteiger partial charge in [-0.15, -0.1) is 0 Å². The number of rotatable bonds is 2. The summed E-state index contributed by atoms with van der Waals surface area (Å²) in [7, 11) is 0. The van der Waals surface area contributed by atoms with Crippen LogP contribution in [0.1, 0.15) is 37.0 Å². The maximum absolute atomic E-state index is 12.2. The summed E-state index contributed by atoms with van der Waals surface area (Å²) < 4.78 is 5.59. The maximum atomic E-state index is 12.2.